The average Bonchev–Trinajstić information content (AvgIpc) is 3.75. The van der Waals surface area contributed by atoms with Gasteiger partial charge in [0.05, 0.1) is 17.1 Å². The third-order valence-electron chi connectivity index (χ3n) is 10.1. The molecule has 15 heteroatoms. The molecule has 0 fully saturated rings. The molecule has 0 spiro atoms. The summed E-state index contributed by atoms with van der Waals surface area (Å²) in [5.74, 6) is 2.23. The largest absolute Gasteiger partial charge is 0.461 e. The molecule has 3 aromatic carbocycles. The second-order valence-corrected chi connectivity index (χ2v) is 16.2. The molecule has 0 unspecified atom stereocenters. The molecule has 53 heavy (non-hydrogen) atoms. The van der Waals surface area contributed by atoms with Gasteiger partial charge in [-0.2, -0.15) is 0 Å². The number of anilines is 9. The molecule has 0 radical (unpaired) electrons. The summed E-state index contributed by atoms with van der Waals surface area (Å²) in [4.78, 5) is 28.6. The van der Waals surface area contributed by atoms with Crippen molar-refractivity contribution in [2.75, 3.05) is 48.5 Å². The van der Waals surface area contributed by atoms with Crippen molar-refractivity contribution in [3.8, 4) is 0 Å². The predicted molar refractivity (Wildman–Crippen MR) is 233 cm³/mol. The molecule has 0 N–H and O–H groups in total. The smallest absolute Gasteiger partial charge is 0.384 e. The Hall–Kier alpha value is -4.46. The highest BCUT2D eigenvalue weighted by Gasteiger charge is 2.50. The van der Waals surface area contributed by atoms with Crippen molar-refractivity contribution in [1.82, 2.24) is 15.0 Å². The zero-order chi connectivity index (χ0) is 36.1. The molecular formula is C38H33B3Br3N9. The van der Waals surface area contributed by atoms with Crippen LogP contribution in [-0.2, 0) is 0 Å². The van der Waals surface area contributed by atoms with Crippen LogP contribution in [0.2, 0.25) is 0 Å². The van der Waals surface area contributed by atoms with Crippen molar-refractivity contribution in [1.29, 1.82) is 0 Å². The van der Waals surface area contributed by atoms with E-state index >= 15 is 0 Å². The van der Waals surface area contributed by atoms with E-state index in [2.05, 4.69) is 174 Å². The summed E-state index contributed by atoms with van der Waals surface area (Å²) in [5.41, 5.74) is 6.49. The molecule has 3 aliphatic heterocycles. The van der Waals surface area contributed by atoms with Crippen molar-refractivity contribution >= 4 is 116 Å². The first-order chi connectivity index (χ1) is 25.9. The van der Waals surface area contributed by atoms with Gasteiger partial charge in [0.15, 0.2) is 0 Å². The first-order valence-corrected chi connectivity index (χ1v) is 20.3. The normalized spacial score (nSPS) is 15.1. The van der Waals surface area contributed by atoms with E-state index in [1.165, 1.54) is 0 Å². The van der Waals surface area contributed by atoms with Crippen LogP contribution in [0.4, 0.5) is 51.6 Å². The average molecular weight is 888 g/mol. The fourth-order valence-corrected chi connectivity index (χ4v) is 10.3. The predicted octanol–water partition coefficient (Wildman–Crippen LogP) is 9.29. The zero-order valence-corrected chi connectivity index (χ0v) is 33.6. The molecule has 6 heterocycles. The molecule has 9 rings (SSSR count). The van der Waals surface area contributed by atoms with Crippen LogP contribution in [0.3, 0.4) is 0 Å². The lowest BCUT2D eigenvalue weighted by Gasteiger charge is -2.43. The first kappa shape index (κ1) is 34.3. The second kappa shape index (κ2) is 14.1. The van der Waals surface area contributed by atoms with Crippen molar-refractivity contribution in [3.05, 3.63) is 146 Å². The van der Waals surface area contributed by atoms with E-state index in [9.17, 15) is 0 Å². The summed E-state index contributed by atoms with van der Waals surface area (Å²) < 4.78 is 0. The van der Waals surface area contributed by atoms with Gasteiger partial charge >= 0.3 is 17.4 Å². The van der Waals surface area contributed by atoms with Crippen LogP contribution in [0.25, 0.3) is 0 Å². The van der Waals surface area contributed by atoms with Crippen LogP contribution in [0.5, 0.6) is 0 Å². The maximum Gasteiger partial charge on any atom is 0.461 e. The van der Waals surface area contributed by atoms with E-state index in [4.69, 9.17) is 15.0 Å². The van der Waals surface area contributed by atoms with Gasteiger partial charge in [-0.15, -0.1) is 0 Å². The van der Waals surface area contributed by atoms with Gasteiger partial charge < -0.3 is 28.9 Å². The second-order valence-electron chi connectivity index (χ2n) is 13.8. The topological polar surface area (TPSA) is 58.1 Å². The van der Waals surface area contributed by atoms with E-state index < -0.39 is 0 Å². The van der Waals surface area contributed by atoms with Crippen molar-refractivity contribution < 1.29 is 0 Å². The third kappa shape index (κ3) is 6.06. The lowest BCUT2D eigenvalue weighted by Crippen LogP contribution is -2.57. The van der Waals surface area contributed by atoms with E-state index in [1.54, 1.807) is 0 Å². The van der Waals surface area contributed by atoms with Gasteiger partial charge in [-0.3, -0.25) is 0 Å². The molecule has 0 saturated heterocycles. The summed E-state index contributed by atoms with van der Waals surface area (Å²) in [5, 5.41) is 0. The van der Waals surface area contributed by atoms with Crippen LogP contribution < -0.4 is 28.9 Å². The number of fused-ring (bicyclic) bond motifs is 3. The Morgan fingerprint density at radius 1 is 0.415 bits per heavy atom. The number of nitrogens with zero attached hydrogens (tertiary/aromatic N) is 9. The summed E-state index contributed by atoms with van der Waals surface area (Å²) >= 11 is 12.5. The minimum atomic E-state index is -0.336. The van der Waals surface area contributed by atoms with Crippen LogP contribution in [0, 0.1) is 5.41 Å². The standard InChI is InChI=1S/C38H33B3Br3N9/c1-38(26-48-29-14-2-5-17-32(29)51(39(48)42)35-20-8-11-23-45-35,27-49-30-15-3-6-18-33(30)52(40(49)43)36-21-9-12-24-46-36)28-50-31-16-4-7-19-34(31)53(41(50)44)37-22-10-13-25-47-37/h2-25H,26-28H2,1H3. The highest BCUT2D eigenvalue weighted by molar-refractivity contribution is 9.25. The molecule has 260 valence electrons. The summed E-state index contributed by atoms with van der Waals surface area (Å²) in [6.07, 6.45) is 5.56. The van der Waals surface area contributed by atoms with Gasteiger partial charge in [0.2, 0.25) is 0 Å². The Balaban J connectivity index is 1.13. The van der Waals surface area contributed by atoms with Gasteiger partial charge in [-0.05, 0) is 72.8 Å². The molecule has 0 atom stereocenters. The highest BCUT2D eigenvalue weighted by atomic mass is 79.9. The molecule has 6 aromatic rings. The number of pyridine rings is 3. The SMILES string of the molecule is CC(CN1B(Br)N(c2ccccn2)c2ccccc21)(CN1B(Br)N(c2ccccn2)c2ccccc21)CN1B(Br)N(c2ccccn2)c2ccccc21. The lowest BCUT2D eigenvalue weighted by molar-refractivity contribution is 0.367. The van der Waals surface area contributed by atoms with E-state index in [0.717, 1.165) is 71.2 Å². The maximum atomic E-state index is 4.77. The maximum absolute atomic E-state index is 4.77. The monoisotopic (exact) mass is 885 g/mol. The number of para-hydroxylation sites is 6. The lowest BCUT2D eigenvalue weighted by atomic mass is 9.82. The van der Waals surface area contributed by atoms with E-state index in [1.807, 2.05) is 55.0 Å². The van der Waals surface area contributed by atoms with Gasteiger partial charge in [0.25, 0.3) is 0 Å². The molecular weight excluding hydrogens is 855 g/mol. The van der Waals surface area contributed by atoms with Crippen LogP contribution in [0.1, 0.15) is 6.92 Å². The minimum absolute atomic E-state index is 0.152. The molecule has 0 amide bonds. The van der Waals surface area contributed by atoms with E-state index in [-0.39, 0.29) is 22.8 Å². The van der Waals surface area contributed by atoms with Gasteiger partial charge in [-0.25, -0.2) is 15.0 Å². The van der Waals surface area contributed by atoms with Gasteiger partial charge in [0, 0.05) is 60.7 Å². The Bertz CT molecular complexity index is 1980. The van der Waals surface area contributed by atoms with Gasteiger partial charge in [-0.1, -0.05) is 109 Å². The van der Waals surface area contributed by atoms with Crippen LogP contribution >= 0.6 is 47.3 Å². The number of rotatable bonds is 9. The Morgan fingerprint density at radius 3 is 0.943 bits per heavy atom. The fraction of sp³-hybridized carbons (Fsp3) is 0.132. The highest BCUT2D eigenvalue weighted by Crippen LogP contribution is 2.50. The van der Waals surface area contributed by atoms with Crippen LogP contribution in [-0.4, -0.2) is 52.0 Å². The Labute approximate surface area is 335 Å². The zero-order valence-electron chi connectivity index (χ0n) is 28.9. The number of hydrogen-bond donors (Lipinski definition) is 0. The number of benzene rings is 3. The molecule has 0 aliphatic carbocycles. The molecule has 9 nitrogen and oxygen atoms in total. The number of aromatic nitrogens is 3. The molecule has 3 aromatic heterocycles. The first-order valence-electron chi connectivity index (χ1n) is 17.5. The molecule has 3 aliphatic rings. The third-order valence-corrected chi connectivity index (χ3v) is 12.8. The Morgan fingerprint density at radius 2 is 0.679 bits per heavy atom. The summed E-state index contributed by atoms with van der Waals surface area (Å²) in [7, 11) is 0. The minimum Gasteiger partial charge on any atom is -0.384 e. The summed E-state index contributed by atoms with van der Waals surface area (Å²) in [6.45, 7) is 4.60. The molecule has 0 saturated carbocycles. The van der Waals surface area contributed by atoms with Gasteiger partial charge in [0.1, 0.15) is 17.5 Å². The van der Waals surface area contributed by atoms with E-state index in [0.29, 0.717) is 0 Å². The fourth-order valence-electron chi connectivity index (χ4n) is 7.89. The van der Waals surface area contributed by atoms with Crippen LogP contribution in [0.15, 0.2) is 146 Å². The molecule has 0 bridgehead atoms. The summed E-state index contributed by atoms with van der Waals surface area (Å²) in [6, 6.07) is 44.1. The quantitative estimate of drug-likeness (QED) is 0.132. The number of hydrogen-bond acceptors (Lipinski definition) is 9. The van der Waals surface area contributed by atoms with Crippen molar-refractivity contribution in [2.45, 2.75) is 6.92 Å². The number of halogens is 3. The Kier molecular flexibility index (Phi) is 9.11. The van der Waals surface area contributed by atoms with Crippen molar-refractivity contribution in [3.63, 3.8) is 0 Å². The van der Waals surface area contributed by atoms with Crippen molar-refractivity contribution in [2.24, 2.45) is 5.41 Å².